The van der Waals surface area contributed by atoms with Crippen LogP contribution in [0, 0.1) is 20.8 Å². The zero-order chi connectivity index (χ0) is 13.8. The summed E-state index contributed by atoms with van der Waals surface area (Å²) in [6, 6.07) is 9.81. The Hall–Kier alpha value is -2.07. The summed E-state index contributed by atoms with van der Waals surface area (Å²) >= 11 is 0. The summed E-state index contributed by atoms with van der Waals surface area (Å²) in [6.07, 6.45) is 0. The van der Waals surface area contributed by atoms with Gasteiger partial charge in [-0.15, -0.1) is 0 Å². The van der Waals surface area contributed by atoms with Crippen molar-refractivity contribution in [2.24, 2.45) is 5.84 Å². The van der Waals surface area contributed by atoms with Gasteiger partial charge in [-0.2, -0.15) is 0 Å². The monoisotopic (exact) mass is 257 g/mol. The van der Waals surface area contributed by atoms with Crippen molar-refractivity contribution in [3.63, 3.8) is 0 Å². The molecule has 1 heterocycles. The number of nitrogen functional groups attached to an aromatic ring is 1. The minimum absolute atomic E-state index is 0.431. The van der Waals surface area contributed by atoms with Gasteiger partial charge < -0.3 is 10.2 Å². The summed E-state index contributed by atoms with van der Waals surface area (Å²) < 4.78 is 5.90. The lowest BCUT2D eigenvalue weighted by Crippen LogP contribution is -2.10. The van der Waals surface area contributed by atoms with E-state index in [0.717, 1.165) is 17.0 Å². The minimum Gasteiger partial charge on any atom is -0.487 e. The molecule has 4 nitrogen and oxygen atoms in total. The lowest BCUT2D eigenvalue weighted by Gasteiger charge is -2.14. The SMILES string of the molecule is Cc1ccc(C)c(OCc2cccc(NN)n2)c1C. The fourth-order valence-electron chi connectivity index (χ4n) is 1.93. The van der Waals surface area contributed by atoms with Gasteiger partial charge in [-0.1, -0.05) is 18.2 Å². The van der Waals surface area contributed by atoms with Gasteiger partial charge >= 0.3 is 0 Å². The van der Waals surface area contributed by atoms with E-state index >= 15 is 0 Å². The summed E-state index contributed by atoms with van der Waals surface area (Å²) in [7, 11) is 0. The fourth-order valence-corrected chi connectivity index (χ4v) is 1.93. The summed E-state index contributed by atoms with van der Waals surface area (Å²) in [5.74, 6) is 6.92. The molecule has 0 aliphatic carbocycles. The summed E-state index contributed by atoms with van der Waals surface area (Å²) in [4.78, 5) is 4.33. The number of anilines is 1. The molecular formula is C15H19N3O. The molecule has 0 spiro atoms. The number of hydrogen-bond acceptors (Lipinski definition) is 4. The van der Waals surface area contributed by atoms with Crippen LogP contribution in [0.3, 0.4) is 0 Å². The van der Waals surface area contributed by atoms with Crippen LogP contribution in [0.15, 0.2) is 30.3 Å². The molecule has 100 valence electrons. The van der Waals surface area contributed by atoms with Crippen LogP contribution in [0.4, 0.5) is 5.82 Å². The van der Waals surface area contributed by atoms with Crippen molar-refractivity contribution in [3.8, 4) is 5.75 Å². The van der Waals surface area contributed by atoms with Crippen LogP contribution in [0.2, 0.25) is 0 Å². The first-order chi connectivity index (χ1) is 9.11. The number of rotatable bonds is 4. The van der Waals surface area contributed by atoms with Crippen LogP contribution in [0.5, 0.6) is 5.75 Å². The maximum atomic E-state index is 5.90. The van der Waals surface area contributed by atoms with Crippen molar-refractivity contribution in [1.29, 1.82) is 0 Å². The van der Waals surface area contributed by atoms with E-state index in [1.165, 1.54) is 11.1 Å². The topological polar surface area (TPSA) is 60.2 Å². The third-order valence-corrected chi connectivity index (χ3v) is 3.19. The van der Waals surface area contributed by atoms with Crippen molar-refractivity contribution in [1.82, 2.24) is 4.98 Å². The molecule has 0 unspecified atom stereocenters. The number of aryl methyl sites for hydroxylation is 2. The predicted octanol–water partition coefficient (Wildman–Crippen LogP) is 2.87. The second kappa shape index (κ2) is 5.71. The fraction of sp³-hybridized carbons (Fsp3) is 0.267. The zero-order valence-electron chi connectivity index (χ0n) is 11.5. The lowest BCUT2D eigenvalue weighted by atomic mass is 10.1. The van der Waals surface area contributed by atoms with E-state index in [1.807, 2.05) is 25.1 Å². The van der Waals surface area contributed by atoms with Crippen molar-refractivity contribution in [3.05, 3.63) is 52.7 Å². The standard InChI is InChI=1S/C15H19N3O/c1-10-7-8-11(2)15(12(10)3)19-9-13-5-4-6-14(17-13)18-16/h4-8H,9,16H2,1-3H3,(H,17,18). The molecule has 0 fully saturated rings. The third-order valence-electron chi connectivity index (χ3n) is 3.19. The molecule has 0 aliphatic rings. The van der Waals surface area contributed by atoms with E-state index in [2.05, 4.69) is 36.4 Å². The number of hydrazine groups is 1. The maximum absolute atomic E-state index is 5.90. The van der Waals surface area contributed by atoms with E-state index in [9.17, 15) is 0 Å². The number of nitrogens with two attached hydrogens (primary N) is 1. The molecule has 0 saturated heterocycles. The van der Waals surface area contributed by atoms with Crippen LogP contribution in [-0.2, 0) is 6.61 Å². The van der Waals surface area contributed by atoms with Crippen molar-refractivity contribution in [2.75, 3.05) is 5.43 Å². The van der Waals surface area contributed by atoms with E-state index in [4.69, 9.17) is 10.6 Å². The molecule has 2 rings (SSSR count). The van der Waals surface area contributed by atoms with Crippen LogP contribution < -0.4 is 16.0 Å². The van der Waals surface area contributed by atoms with Gasteiger partial charge in [0, 0.05) is 0 Å². The van der Waals surface area contributed by atoms with E-state index in [0.29, 0.717) is 12.4 Å². The van der Waals surface area contributed by atoms with Gasteiger partial charge in [-0.05, 0) is 49.6 Å². The number of nitrogens with zero attached hydrogens (tertiary/aromatic N) is 1. The van der Waals surface area contributed by atoms with Gasteiger partial charge in [0.15, 0.2) is 0 Å². The number of aromatic nitrogens is 1. The van der Waals surface area contributed by atoms with Crippen molar-refractivity contribution in [2.45, 2.75) is 27.4 Å². The number of pyridine rings is 1. The molecule has 0 aliphatic heterocycles. The summed E-state index contributed by atoms with van der Waals surface area (Å²) in [5.41, 5.74) is 6.91. The van der Waals surface area contributed by atoms with Crippen LogP contribution in [-0.4, -0.2) is 4.98 Å². The smallest absolute Gasteiger partial charge is 0.140 e. The molecule has 0 atom stereocenters. The van der Waals surface area contributed by atoms with Crippen molar-refractivity contribution >= 4 is 5.82 Å². The number of nitrogens with one attached hydrogen (secondary N) is 1. The van der Waals surface area contributed by atoms with E-state index in [-0.39, 0.29) is 0 Å². The largest absolute Gasteiger partial charge is 0.487 e. The molecular weight excluding hydrogens is 238 g/mol. The van der Waals surface area contributed by atoms with Gasteiger partial charge in [-0.25, -0.2) is 10.8 Å². The van der Waals surface area contributed by atoms with Gasteiger partial charge in [0.2, 0.25) is 0 Å². The highest BCUT2D eigenvalue weighted by atomic mass is 16.5. The Morgan fingerprint density at radius 2 is 1.84 bits per heavy atom. The highest BCUT2D eigenvalue weighted by molar-refractivity contribution is 5.44. The highest BCUT2D eigenvalue weighted by Crippen LogP contribution is 2.26. The van der Waals surface area contributed by atoms with Crippen molar-refractivity contribution < 1.29 is 4.74 Å². The second-order valence-electron chi connectivity index (χ2n) is 4.60. The molecule has 4 heteroatoms. The Balaban J connectivity index is 2.16. The van der Waals surface area contributed by atoms with Crippen LogP contribution in [0.25, 0.3) is 0 Å². The summed E-state index contributed by atoms with van der Waals surface area (Å²) in [5, 5.41) is 0. The number of benzene rings is 1. The Kier molecular flexibility index (Phi) is 4.02. The first-order valence-corrected chi connectivity index (χ1v) is 6.24. The molecule has 2 aromatic rings. The van der Waals surface area contributed by atoms with Gasteiger partial charge in [0.05, 0.1) is 5.69 Å². The highest BCUT2D eigenvalue weighted by Gasteiger charge is 2.07. The molecule has 1 aromatic carbocycles. The van der Waals surface area contributed by atoms with Crippen LogP contribution >= 0.6 is 0 Å². The predicted molar refractivity (Wildman–Crippen MR) is 77.0 cm³/mol. The normalized spacial score (nSPS) is 10.3. The molecule has 1 aromatic heterocycles. The number of hydrogen-bond donors (Lipinski definition) is 2. The van der Waals surface area contributed by atoms with Gasteiger partial charge in [-0.3, -0.25) is 0 Å². The molecule has 0 radical (unpaired) electrons. The Morgan fingerprint density at radius 1 is 1.11 bits per heavy atom. The van der Waals surface area contributed by atoms with Gasteiger partial charge in [0.1, 0.15) is 18.2 Å². The molecule has 19 heavy (non-hydrogen) atoms. The maximum Gasteiger partial charge on any atom is 0.140 e. The molecule has 0 amide bonds. The molecule has 3 N–H and O–H groups in total. The first-order valence-electron chi connectivity index (χ1n) is 6.24. The third kappa shape index (κ3) is 3.03. The summed E-state index contributed by atoms with van der Waals surface area (Å²) in [6.45, 7) is 6.63. The average molecular weight is 257 g/mol. The quantitative estimate of drug-likeness (QED) is 0.653. The van der Waals surface area contributed by atoms with E-state index in [1.54, 1.807) is 0 Å². The van der Waals surface area contributed by atoms with Gasteiger partial charge in [0.25, 0.3) is 0 Å². The molecule has 0 saturated carbocycles. The first kappa shape index (κ1) is 13.4. The number of ether oxygens (including phenoxy) is 1. The zero-order valence-corrected chi connectivity index (χ0v) is 11.5. The Labute approximate surface area is 113 Å². The lowest BCUT2D eigenvalue weighted by molar-refractivity contribution is 0.297. The Morgan fingerprint density at radius 3 is 2.58 bits per heavy atom. The average Bonchev–Trinajstić information content (AvgIpc) is 2.43. The second-order valence-corrected chi connectivity index (χ2v) is 4.60. The molecule has 0 bridgehead atoms. The Bertz CT molecular complexity index is 582. The van der Waals surface area contributed by atoms with Crippen LogP contribution in [0.1, 0.15) is 22.4 Å². The van der Waals surface area contributed by atoms with E-state index < -0.39 is 0 Å². The minimum atomic E-state index is 0.431.